The molecule has 0 fully saturated rings. The highest BCUT2D eigenvalue weighted by Crippen LogP contribution is 2.01. The van der Waals surface area contributed by atoms with Crippen LogP contribution >= 0.6 is 0 Å². The summed E-state index contributed by atoms with van der Waals surface area (Å²) in [6, 6.07) is 0. The molecule has 0 aromatic carbocycles. The molecule has 0 aliphatic heterocycles. The second-order valence-corrected chi connectivity index (χ2v) is 1.66. The van der Waals surface area contributed by atoms with Crippen LogP contribution in [0, 0.1) is 5.41 Å². The number of nitrogens with one attached hydrogen (secondary N) is 2. The average Bonchev–Trinajstić information content (AvgIpc) is 1.85. The van der Waals surface area contributed by atoms with Crippen molar-refractivity contribution in [2.24, 2.45) is 0 Å². The first-order chi connectivity index (χ1) is 5.22. The number of nitrogens with zero attached hydrogens (tertiary/aromatic N) is 3. The highest BCUT2D eigenvalue weighted by atomic mass is 15.2. The smallest absolute Gasteiger partial charge is 0.234 e. The molecule has 0 atom stereocenters. The maximum Gasteiger partial charge on any atom is 0.234 e. The Kier molecular flexibility index (Phi) is 1.81. The van der Waals surface area contributed by atoms with Crippen molar-refractivity contribution in [3.63, 3.8) is 0 Å². The summed E-state index contributed by atoms with van der Waals surface area (Å²) in [5.74, 6) is 0.230. The van der Waals surface area contributed by atoms with Gasteiger partial charge in [0, 0.05) is 0 Å². The van der Waals surface area contributed by atoms with Gasteiger partial charge >= 0.3 is 0 Å². The van der Waals surface area contributed by atoms with Gasteiger partial charge in [0.2, 0.25) is 17.8 Å². The number of nitrogen functional groups attached to an aromatic ring is 2. The standard InChI is InChI=1S/C4H7N7/c5-1-8-4-10-2(6)9-3(7)11-4/h1H,(H6,5,6,7,8,9,10,11). The van der Waals surface area contributed by atoms with Crippen LogP contribution in [0.5, 0.6) is 0 Å². The fourth-order valence-electron chi connectivity index (χ4n) is 0.538. The third kappa shape index (κ3) is 1.75. The van der Waals surface area contributed by atoms with E-state index in [-0.39, 0.29) is 17.8 Å². The second kappa shape index (κ2) is 2.78. The molecule has 58 valence electrons. The highest BCUT2D eigenvalue weighted by Gasteiger charge is 1.97. The van der Waals surface area contributed by atoms with Gasteiger partial charge in [0.1, 0.15) is 0 Å². The van der Waals surface area contributed by atoms with Gasteiger partial charge in [-0.1, -0.05) is 0 Å². The SMILES string of the molecule is N=CNc1nc(N)nc(N)n1. The van der Waals surface area contributed by atoms with E-state index in [0.717, 1.165) is 6.34 Å². The zero-order valence-corrected chi connectivity index (χ0v) is 5.57. The maximum atomic E-state index is 6.66. The lowest BCUT2D eigenvalue weighted by atomic mass is 10.8. The van der Waals surface area contributed by atoms with Gasteiger partial charge in [-0.05, 0) is 0 Å². The van der Waals surface area contributed by atoms with E-state index in [1.54, 1.807) is 0 Å². The zero-order chi connectivity index (χ0) is 8.27. The fourth-order valence-corrected chi connectivity index (χ4v) is 0.538. The predicted molar refractivity (Wildman–Crippen MR) is 41.1 cm³/mol. The minimum absolute atomic E-state index is 0.0295. The van der Waals surface area contributed by atoms with Crippen LogP contribution in [0.2, 0.25) is 0 Å². The summed E-state index contributed by atoms with van der Waals surface area (Å²) < 4.78 is 0. The van der Waals surface area contributed by atoms with E-state index in [1.165, 1.54) is 0 Å². The molecule has 0 unspecified atom stereocenters. The Balaban J connectivity index is 2.98. The molecule has 0 bridgehead atoms. The first-order valence-electron chi connectivity index (χ1n) is 2.75. The van der Waals surface area contributed by atoms with Gasteiger partial charge in [-0.15, -0.1) is 0 Å². The van der Waals surface area contributed by atoms with Crippen LogP contribution in [0.25, 0.3) is 0 Å². The van der Waals surface area contributed by atoms with E-state index < -0.39 is 0 Å². The van der Waals surface area contributed by atoms with E-state index in [2.05, 4.69) is 20.3 Å². The molecule has 0 amide bonds. The summed E-state index contributed by atoms with van der Waals surface area (Å²) in [6.07, 6.45) is 0.925. The molecule has 0 aliphatic carbocycles. The molecule has 1 aromatic heterocycles. The van der Waals surface area contributed by atoms with Crippen LogP contribution in [0.3, 0.4) is 0 Å². The lowest BCUT2D eigenvalue weighted by molar-refractivity contribution is 1.09. The van der Waals surface area contributed by atoms with E-state index in [9.17, 15) is 0 Å². The Morgan fingerprint density at radius 2 is 1.73 bits per heavy atom. The normalized spacial score (nSPS) is 9.09. The first kappa shape index (κ1) is 7.19. The number of hydrogen-bond acceptors (Lipinski definition) is 6. The van der Waals surface area contributed by atoms with Gasteiger partial charge in [0.15, 0.2) is 0 Å². The van der Waals surface area contributed by atoms with Crippen molar-refractivity contribution < 1.29 is 0 Å². The Bertz CT molecular complexity index is 249. The van der Waals surface area contributed by atoms with E-state index in [1.807, 2.05) is 0 Å². The molecule has 7 heteroatoms. The second-order valence-electron chi connectivity index (χ2n) is 1.66. The van der Waals surface area contributed by atoms with Crippen molar-refractivity contribution in [1.29, 1.82) is 5.41 Å². The Morgan fingerprint density at radius 1 is 1.18 bits per heavy atom. The fraction of sp³-hybridized carbons (Fsp3) is 0. The first-order valence-corrected chi connectivity index (χ1v) is 2.75. The number of hydrogen-bond donors (Lipinski definition) is 4. The molecule has 6 N–H and O–H groups in total. The molecule has 7 nitrogen and oxygen atoms in total. The van der Waals surface area contributed by atoms with Crippen molar-refractivity contribution in [1.82, 2.24) is 15.0 Å². The quantitative estimate of drug-likeness (QED) is 0.320. The summed E-state index contributed by atoms with van der Waals surface area (Å²) in [6.45, 7) is 0. The summed E-state index contributed by atoms with van der Waals surface area (Å²) in [5.41, 5.74) is 10.5. The lowest BCUT2D eigenvalue weighted by Gasteiger charge is -1.98. The maximum absolute atomic E-state index is 6.66. The van der Waals surface area contributed by atoms with Crippen molar-refractivity contribution >= 4 is 24.2 Å². The van der Waals surface area contributed by atoms with Gasteiger partial charge in [-0.2, -0.15) is 15.0 Å². The molecular weight excluding hydrogens is 146 g/mol. The third-order valence-electron chi connectivity index (χ3n) is 0.871. The Labute approximate surface area is 62.4 Å². The van der Waals surface area contributed by atoms with Gasteiger partial charge < -0.3 is 16.8 Å². The van der Waals surface area contributed by atoms with E-state index in [0.29, 0.717) is 0 Å². The molecule has 0 saturated carbocycles. The van der Waals surface area contributed by atoms with Crippen LogP contribution in [-0.4, -0.2) is 21.3 Å². The van der Waals surface area contributed by atoms with Gasteiger partial charge in [-0.25, -0.2) is 0 Å². The third-order valence-corrected chi connectivity index (χ3v) is 0.871. The van der Waals surface area contributed by atoms with Crippen molar-refractivity contribution in [3.05, 3.63) is 0 Å². The summed E-state index contributed by atoms with van der Waals surface area (Å²) in [5, 5.41) is 9.07. The topological polar surface area (TPSA) is 127 Å². The van der Waals surface area contributed by atoms with Crippen LogP contribution in [0.15, 0.2) is 0 Å². The lowest BCUT2D eigenvalue weighted by Crippen LogP contribution is -2.07. The minimum atomic E-state index is 0.0295. The number of anilines is 3. The molecular formula is C4H7N7. The van der Waals surface area contributed by atoms with Gasteiger partial charge in [-0.3, -0.25) is 5.41 Å². The Hall–Kier alpha value is -1.92. The Morgan fingerprint density at radius 3 is 2.18 bits per heavy atom. The molecule has 1 rings (SSSR count). The zero-order valence-electron chi connectivity index (χ0n) is 5.57. The van der Waals surface area contributed by atoms with Gasteiger partial charge in [0.05, 0.1) is 6.34 Å². The summed E-state index contributed by atoms with van der Waals surface area (Å²) >= 11 is 0. The minimum Gasteiger partial charge on any atom is -0.368 e. The average molecular weight is 153 g/mol. The summed E-state index contributed by atoms with van der Waals surface area (Å²) in [7, 11) is 0. The molecule has 11 heavy (non-hydrogen) atoms. The van der Waals surface area contributed by atoms with Crippen LogP contribution in [-0.2, 0) is 0 Å². The van der Waals surface area contributed by atoms with Crippen molar-refractivity contribution in [3.8, 4) is 0 Å². The molecule has 0 radical (unpaired) electrons. The molecule has 1 aromatic rings. The number of aromatic nitrogens is 3. The molecule has 0 aliphatic rings. The molecule has 0 spiro atoms. The number of nitrogens with two attached hydrogens (primary N) is 2. The van der Waals surface area contributed by atoms with Crippen molar-refractivity contribution in [2.45, 2.75) is 0 Å². The summed E-state index contributed by atoms with van der Waals surface area (Å²) in [4.78, 5) is 10.8. The van der Waals surface area contributed by atoms with E-state index >= 15 is 0 Å². The number of rotatable bonds is 2. The molecule has 0 saturated heterocycles. The van der Waals surface area contributed by atoms with Crippen LogP contribution in [0.1, 0.15) is 0 Å². The monoisotopic (exact) mass is 153 g/mol. The predicted octanol–water partition coefficient (Wildman–Crippen LogP) is -0.945. The van der Waals surface area contributed by atoms with Crippen molar-refractivity contribution in [2.75, 3.05) is 16.8 Å². The van der Waals surface area contributed by atoms with Crippen LogP contribution < -0.4 is 16.8 Å². The highest BCUT2D eigenvalue weighted by molar-refractivity contribution is 5.69. The largest absolute Gasteiger partial charge is 0.368 e. The molecule has 1 heterocycles. The van der Waals surface area contributed by atoms with E-state index in [4.69, 9.17) is 16.9 Å². The van der Waals surface area contributed by atoms with Crippen LogP contribution in [0.4, 0.5) is 17.8 Å². The van der Waals surface area contributed by atoms with Gasteiger partial charge in [0.25, 0.3) is 0 Å².